The van der Waals surface area contributed by atoms with Gasteiger partial charge in [-0.15, -0.1) is 0 Å². The number of rotatable bonds is 13. The second kappa shape index (κ2) is 12.6. The van der Waals surface area contributed by atoms with Crippen molar-refractivity contribution in [1.82, 2.24) is 9.62 Å². The number of sulfonamides is 1. The molecule has 39 heavy (non-hydrogen) atoms. The SMILES string of the molecule is COc1ccc(S(=O)(=O)N(Cc2ccccc2)[C@H](NC(=O)O)[C@@H](C)O)cc1CC(C)(C)CCC1(C)OCCO1. The molecule has 2 aromatic rings. The van der Waals surface area contributed by atoms with Crippen LogP contribution >= 0.6 is 0 Å². The number of nitrogens with one attached hydrogen (secondary N) is 1. The standard InChI is InChI=1S/C28H40N2O8S/c1-20(31)25(29-26(32)33)30(19-21-9-7-6-8-10-21)39(34,35)23-11-12-24(36-5)22(17-23)18-27(2,3)13-14-28(4)37-15-16-38-28/h6-12,17,20,25,29,31H,13-16,18-19H2,1-5H3,(H,32,33)/t20-,25+/m1/s1. The van der Waals surface area contributed by atoms with Crippen LogP contribution in [0, 0.1) is 5.41 Å². The summed E-state index contributed by atoms with van der Waals surface area (Å²) < 4.78 is 46.1. The fourth-order valence-corrected chi connectivity index (χ4v) is 6.36. The zero-order chi connectivity index (χ0) is 28.8. The van der Waals surface area contributed by atoms with Gasteiger partial charge in [-0.25, -0.2) is 13.2 Å². The maximum absolute atomic E-state index is 14.0. The summed E-state index contributed by atoms with van der Waals surface area (Å²) in [5.74, 6) is -0.0793. The minimum Gasteiger partial charge on any atom is -0.496 e. The molecule has 0 aliphatic carbocycles. The third-order valence-electron chi connectivity index (χ3n) is 6.90. The molecule has 0 saturated carbocycles. The van der Waals surface area contributed by atoms with Crippen LogP contribution in [0.15, 0.2) is 53.4 Å². The van der Waals surface area contributed by atoms with Gasteiger partial charge in [0.2, 0.25) is 10.0 Å². The number of carbonyl (C=O) groups is 1. The molecule has 0 radical (unpaired) electrons. The van der Waals surface area contributed by atoms with Crippen molar-refractivity contribution in [3.8, 4) is 5.75 Å². The molecule has 2 atom stereocenters. The predicted molar refractivity (Wildman–Crippen MR) is 146 cm³/mol. The molecule has 1 aliphatic heterocycles. The van der Waals surface area contributed by atoms with Crippen LogP contribution in [0.1, 0.15) is 51.7 Å². The molecule has 1 heterocycles. The quantitative estimate of drug-likeness (QED) is 0.311. The number of hydrogen-bond donors (Lipinski definition) is 3. The lowest BCUT2D eigenvalue weighted by molar-refractivity contribution is -0.151. The van der Waals surface area contributed by atoms with Crippen molar-refractivity contribution in [1.29, 1.82) is 0 Å². The Morgan fingerprint density at radius 2 is 1.82 bits per heavy atom. The number of ether oxygens (including phenoxy) is 3. The normalized spacial score (nSPS) is 17.1. The Morgan fingerprint density at radius 3 is 2.38 bits per heavy atom. The zero-order valence-corrected chi connectivity index (χ0v) is 24.0. The van der Waals surface area contributed by atoms with E-state index < -0.39 is 34.2 Å². The number of nitrogens with zero attached hydrogens (tertiary/aromatic N) is 1. The van der Waals surface area contributed by atoms with Crippen LogP contribution < -0.4 is 10.1 Å². The van der Waals surface area contributed by atoms with Crippen molar-refractivity contribution < 1.29 is 37.6 Å². The molecule has 2 aromatic carbocycles. The Labute approximate surface area is 230 Å². The van der Waals surface area contributed by atoms with Crippen LogP contribution in [0.5, 0.6) is 5.75 Å². The van der Waals surface area contributed by atoms with Crippen molar-refractivity contribution in [3.05, 3.63) is 59.7 Å². The summed E-state index contributed by atoms with van der Waals surface area (Å²) in [6, 6.07) is 13.4. The topological polar surface area (TPSA) is 135 Å². The Hall–Kier alpha value is -2.70. The van der Waals surface area contributed by atoms with Gasteiger partial charge in [0.15, 0.2) is 5.79 Å². The van der Waals surface area contributed by atoms with E-state index in [4.69, 9.17) is 14.2 Å². The Kier molecular flexibility index (Phi) is 10.0. The lowest BCUT2D eigenvalue weighted by atomic mass is 9.80. The summed E-state index contributed by atoms with van der Waals surface area (Å²) in [5.41, 5.74) is 1.09. The number of aliphatic hydroxyl groups is 1. The summed E-state index contributed by atoms with van der Waals surface area (Å²) in [6.45, 7) is 8.43. The third kappa shape index (κ3) is 8.15. The average molecular weight is 565 g/mol. The summed E-state index contributed by atoms with van der Waals surface area (Å²) >= 11 is 0. The number of benzene rings is 2. The van der Waals surface area contributed by atoms with E-state index in [1.54, 1.807) is 42.5 Å². The van der Waals surface area contributed by atoms with E-state index in [-0.39, 0.29) is 16.9 Å². The van der Waals surface area contributed by atoms with Crippen molar-refractivity contribution >= 4 is 16.1 Å². The largest absolute Gasteiger partial charge is 0.496 e. The smallest absolute Gasteiger partial charge is 0.406 e. The van der Waals surface area contributed by atoms with E-state index in [0.29, 0.717) is 42.9 Å². The molecule has 216 valence electrons. The van der Waals surface area contributed by atoms with Crippen LogP contribution in [0.2, 0.25) is 0 Å². The molecule has 10 nitrogen and oxygen atoms in total. The molecule has 0 aromatic heterocycles. The van der Waals surface area contributed by atoms with Crippen LogP contribution in [0.3, 0.4) is 0 Å². The highest BCUT2D eigenvalue weighted by Gasteiger charge is 2.37. The van der Waals surface area contributed by atoms with E-state index in [9.17, 15) is 23.4 Å². The molecule has 1 fully saturated rings. The number of methoxy groups -OCH3 is 1. The van der Waals surface area contributed by atoms with Crippen molar-refractivity contribution in [2.45, 2.75) is 76.5 Å². The van der Waals surface area contributed by atoms with E-state index in [1.165, 1.54) is 20.1 Å². The highest BCUT2D eigenvalue weighted by Crippen LogP contribution is 2.37. The van der Waals surface area contributed by atoms with Crippen molar-refractivity contribution in [3.63, 3.8) is 0 Å². The lowest BCUT2D eigenvalue weighted by Crippen LogP contribution is -2.55. The molecule has 3 N–H and O–H groups in total. The minimum atomic E-state index is -4.28. The van der Waals surface area contributed by atoms with Gasteiger partial charge in [-0.05, 0) is 61.4 Å². The monoisotopic (exact) mass is 564 g/mol. The van der Waals surface area contributed by atoms with Gasteiger partial charge >= 0.3 is 6.09 Å². The van der Waals surface area contributed by atoms with Crippen molar-refractivity contribution in [2.75, 3.05) is 20.3 Å². The first-order chi connectivity index (χ1) is 18.3. The molecule has 0 unspecified atom stereocenters. The number of hydrogen-bond acceptors (Lipinski definition) is 7. The molecule has 1 aliphatic rings. The molecule has 3 rings (SSSR count). The summed E-state index contributed by atoms with van der Waals surface area (Å²) in [5, 5.41) is 22.0. The van der Waals surface area contributed by atoms with Crippen LogP contribution in [-0.4, -0.2) is 67.4 Å². The van der Waals surface area contributed by atoms with E-state index >= 15 is 0 Å². The fourth-order valence-electron chi connectivity index (χ4n) is 4.72. The summed E-state index contributed by atoms with van der Waals surface area (Å²) in [4.78, 5) is 11.5. The summed E-state index contributed by atoms with van der Waals surface area (Å²) in [6.07, 6.45) is -2.23. The highest BCUT2D eigenvalue weighted by molar-refractivity contribution is 7.89. The fraction of sp³-hybridized carbons (Fsp3) is 0.536. The number of carboxylic acid groups (broad SMARTS) is 1. The van der Waals surface area contributed by atoms with Gasteiger partial charge in [-0.3, -0.25) is 0 Å². The van der Waals surface area contributed by atoms with Gasteiger partial charge in [-0.2, -0.15) is 4.31 Å². The van der Waals surface area contributed by atoms with E-state index in [2.05, 4.69) is 19.2 Å². The van der Waals surface area contributed by atoms with Gasteiger partial charge in [0.05, 0.1) is 31.3 Å². The highest BCUT2D eigenvalue weighted by atomic mass is 32.2. The predicted octanol–water partition coefficient (Wildman–Crippen LogP) is 3.97. The molecular weight excluding hydrogens is 524 g/mol. The first-order valence-electron chi connectivity index (χ1n) is 12.9. The first kappa shape index (κ1) is 30.8. The first-order valence-corrected chi connectivity index (χ1v) is 14.4. The number of aliphatic hydroxyl groups excluding tert-OH is 1. The molecule has 1 amide bonds. The van der Waals surface area contributed by atoms with Crippen molar-refractivity contribution in [2.24, 2.45) is 5.41 Å². The molecule has 0 bridgehead atoms. The lowest BCUT2D eigenvalue weighted by Gasteiger charge is -2.33. The second-order valence-corrected chi connectivity index (χ2v) is 12.7. The van der Waals surface area contributed by atoms with Gasteiger partial charge in [-0.1, -0.05) is 44.2 Å². The van der Waals surface area contributed by atoms with Crippen LogP contribution in [-0.2, 0) is 32.5 Å². The van der Waals surface area contributed by atoms with E-state index in [0.717, 1.165) is 10.7 Å². The van der Waals surface area contributed by atoms with Crippen LogP contribution in [0.4, 0.5) is 4.79 Å². The van der Waals surface area contributed by atoms with Gasteiger partial charge < -0.3 is 29.7 Å². The molecular formula is C28H40N2O8S. The Balaban J connectivity index is 1.96. The molecule has 11 heteroatoms. The second-order valence-electron chi connectivity index (χ2n) is 10.8. The summed E-state index contributed by atoms with van der Waals surface area (Å²) in [7, 11) is -2.74. The zero-order valence-electron chi connectivity index (χ0n) is 23.2. The molecule has 1 saturated heterocycles. The number of amides is 1. The van der Waals surface area contributed by atoms with E-state index in [1.807, 2.05) is 6.92 Å². The van der Waals surface area contributed by atoms with Crippen LogP contribution in [0.25, 0.3) is 0 Å². The molecule has 0 spiro atoms. The Morgan fingerprint density at radius 1 is 1.18 bits per heavy atom. The maximum Gasteiger partial charge on any atom is 0.406 e. The Bertz CT molecular complexity index is 1210. The third-order valence-corrected chi connectivity index (χ3v) is 8.72. The maximum atomic E-state index is 14.0. The van der Waals surface area contributed by atoms with Gasteiger partial charge in [0.1, 0.15) is 11.9 Å². The van der Waals surface area contributed by atoms with Gasteiger partial charge in [0, 0.05) is 13.0 Å². The minimum absolute atomic E-state index is 0.0303. The van der Waals surface area contributed by atoms with Gasteiger partial charge in [0.25, 0.3) is 0 Å². The average Bonchev–Trinajstić information content (AvgIpc) is 3.32.